The zero-order valence-electron chi connectivity index (χ0n) is 13.0. The fraction of sp³-hybridized carbons (Fsp3) is 0.176. The predicted octanol–water partition coefficient (Wildman–Crippen LogP) is 3.24. The number of aromatic nitrogens is 2. The van der Waals surface area contributed by atoms with Gasteiger partial charge >= 0.3 is 0 Å². The van der Waals surface area contributed by atoms with Crippen LogP contribution in [0, 0.1) is 18.3 Å². The standard InChI is InChI=1S/C17H17N5O/c1-3-23-13-6-4-12(5-7-13)21-17-11(2)16(19)14(10-18)15-8-9-20-22(15)17/h4-9,21H,3,19H2,1-2H3. The lowest BCUT2D eigenvalue weighted by Crippen LogP contribution is -2.07. The fourth-order valence-electron chi connectivity index (χ4n) is 2.48. The second kappa shape index (κ2) is 5.89. The summed E-state index contributed by atoms with van der Waals surface area (Å²) in [6.07, 6.45) is 1.65. The van der Waals surface area contributed by atoms with Crippen molar-refractivity contribution in [2.45, 2.75) is 13.8 Å². The Kier molecular flexibility index (Phi) is 3.77. The highest BCUT2D eigenvalue weighted by molar-refractivity contribution is 5.80. The fourth-order valence-corrected chi connectivity index (χ4v) is 2.48. The summed E-state index contributed by atoms with van der Waals surface area (Å²) in [5.74, 6) is 1.56. The van der Waals surface area contributed by atoms with E-state index in [1.165, 1.54) is 0 Å². The van der Waals surface area contributed by atoms with E-state index >= 15 is 0 Å². The van der Waals surface area contributed by atoms with Crippen LogP contribution in [-0.4, -0.2) is 16.2 Å². The van der Waals surface area contributed by atoms with Crippen LogP contribution in [0.25, 0.3) is 5.52 Å². The van der Waals surface area contributed by atoms with Crippen molar-refractivity contribution in [2.24, 2.45) is 0 Å². The number of fused-ring (bicyclic) bond motifs is 1. The molecule has 0 atom stereocenters. The van der Waals surface area contributed by atoms with Crippen molar-refractivity contribution in [3.63, 3.8) is 0 Å². The first-order valence-corrected chi connectivity index (χ1v) is 7.31. The van der Waals surface area contributed by atoms with Crippen LogP contribution < -0.4 is 15.8 Å². The molecule has 2 aromatic heterocycles. The molecule has 0 spiro atoms. The Morgan fingerprint density at radius 2 is 2.04 bits per heavy atom. The minimum Gasteiger partial charge on any atom is -0.494 e. The summed E-state index contributed by atoms with van der Waals surface area (Å²) in [6, 6.07) is 11.6. The van der Waals surface area contributed by atoms with Gasteiger partial charge in [-0.1, -0.05) is 0 Å². The smallest absolute Gasteiger partial charge is 0.137 e. The van der Waals surface area contributed by atoms with Crippen LogP contribution in [0.1, 0.15) is 18.1 Å². The molecule has 3 rings (SSSR count). The SMILES string of the molecule is CCOc1ccc(Nc2c(C)c(N)c(C#N)c3ccnn23)cc1. The average molecular weight is 307 g/mol. The van der Waals surface area contributed by atoms with Gasteiger partial charge in [-0.25, -0.2) is 4.52 Å². The number of nitrogen functional groups attached to an aromatic ring is 1. The lowest BCUT2D eigenvalue weighted by atomic mass is 10.1. The van der Waals surface area contributed by atoms with Gasteiger partial charge in [-0.15, -0.1) is 0 Å². The van der Waals surface area contributed by atoms with Crippen molar-refractivity contribution >= 4 is 22.7 Å². The van der Waals surface area contributed by atoms with Crippen LogP contribution in [-0.2, 0) is 0 Å². The minimum absolute atomic E-state index is 0.442. The summed E-state index contributed by atoms with van der Waals surface area (Å²) < 4.78 is 7.14. The number of benzene rings is 1. The first-order chi connectivity index (χ1) is 11.2. The molecule has 116 valence electrons. The molecule has 0 saturated heterocycles. The van der Waals surface area contributed by atoms with Gasteiger partial charge in [0.15, 0.2) is 0 Å². The van der Waals surface area contributed by atoms with Gasteiger partial charge in [-0.05, 0) is 44.2 Å². The predicted molar refractivity (Wildman–Crippen MR) is 90.0 cm³/mol. The maximum absolute atomic E-state index is 9.32. The molecule has 3 aromatic rings. The van der Waals surface area contributed by atoms with Gasteiger partial charge in [0.25, 0.3) is 0 Å². The molecule has 6 heteroatoms. The van der Waals surface area contributed by atoms with E-state index in [0.29, 0.717) is 23.4 Å². The lowest BCUT2D eigenvalue weighted by Gasteiger charge is -2.15. The van der Waals surface area contributed by atoms with E-state index in [1.807, 2.05) is 38.1 Å². The zero-order valence-corrected chi connectivity index (χ0v) is 13.0. The molecule has 6 nitrogen and oxygen atoms in total. The maximum atomic E-state index is 9.32. The molecule has 0 aliphatic carbocycles. The number of nitrogens with zero attached hydrogens (tertiary/aromatic N) is 3. The van der Waals surface area contributed by atoms with Gasteiger partial charge in [-0.3, -0.25) is 0 Å². The first kappa shape index (κ1) is 14.7. The molecule has 0 bridgehead atoms. The molecule has 0 aliphatic rings. The molecule has 0 aliphatic heterocycles. The molecule has 23 heavy (non-hydrogen) atoms. The molecule has 0 radical (unpaired) electrons. The van der Waals surface area contributed by atoms with Crippen molar-refractivity contribution in [2.75, 3.05) is 17.7 Å². The van der Waals surface area contributed by atoms with E-state index in [0.717, 1.165) is 22.8 Å². The van der Waals surface area contributed by atoms with E-state index in [9.17, 15) is 5.26 Å². The second-order valence-electron chi connectivity index (χ2n) is 5.08. The summed E-state index contributed by atoms with van der Waals surface area (Å²) in [4.78, 5) is 0. The Morgan fingerprint density at radius 3 is 2.70 bits per heavy atom. The molecule has 0 saturated carbocycles. The van der Waals surface area contributed by atoms with Gasteiger partial charge < -0.3 is 15.8 Å². The summed E-state index contributed by atoms with van der Waals surface area (Å²) in [5.41, 5.74) is 9.38. The quantitative estimate of drug-likeness (QED) is 0.772. The number of nitrogens with one attached hydrogen (secondary N) is 1. The summed E-state index contributed by atoms with van der Waals surface area (Å²) >= 11 is 0. The molecule has 0 unspecified atom stereocenters. The second-order valence-corrected chi connectivity index (χ2v) is 5.08. The van der Waals surface area contributed by atoms with Crippen LogP contribution in [0.4, 0.5) is 17.2 Å². The summed E-state index contributed by atoms with van der Waals surface area (Å²) in [5, 5.41) is 16.9. The Morgan fingerprint density at radius 1 is 1.30 bits per heavy atom. The highest BCUT2D eigenvalue weighted by Gasteiger charge is 2.15. The van der Waals surface area contributed by atoms with E-state index in [1.54, 1.807) is 16.8 Å². The number of pyridine rings is 1. The van der Waals surface area contributed by atoms with E-state index in [-0.39, 0.29) is 0 Å². The molecule has 1 aromatic carbocycles. The van der Waals surface area contributed by atoms with E-state index in [4.69, 9.17) is 10.5 Å². The van der Waals surface area contributed by atoms with Crippen molar-refractivity contribution in [3.05, 3.63) is 47.7 Å². The highest BCUT2D eigenvalue weighted by Crippen LogP contribution is 2.30. The van der Waals surface area contributed by atoms with Gasteiger partial charge in [0, 0.05) is 11.3 Å². The first-order valence-electron chi connectivity index (χ1n) is 7.31. The van der Waals surface area contributed by atoms with Crippen LogP contribution in [0.15, 0.2) is 36.5 Å². The third kappa shape index (κ3) is 2.53. The Bertz CT molecular complexity index is 890. The van der Waals surface area contributed by atoms with Gasteiger partial charge in [0.1, 0.15) is 23.2 Å². The monoisotopic (exact) mass is 307 g/mol. The number of nitrogens with two attached hydrogens (primary N) is 1. The largest absolute Gasteiger partial charge is 0.494 e. The number of ether oxygens (including phenoxy) is 1. The number of hydrogen-bond acceptors (Lipinski definition) is 5. The number of nitriles is 1. The molecule has 2 heterocycles. The third-order valence-corrected chi connectivity index (χ3v) is 3.68. The van der Waals surface area contributed by atoms with Crippen LogP contribution >= 0.6 is 0 Å². The van der Waals surface area contributed by atoms with Crippen LogP contribution in [0.2, 0.25) is 0 Å². The number of rotatable bonds is 4. The van der Waals surface area contributed by atoms with Crippen molar-refractivity contribution in [1.29, 1.82) is 5.26 Å². The summed E-state index contributed by atoms with van der Waals surface area (Å²) in [6.45, 7) is 4.45. The van der Waals surface area contributed by atoms with Crippen LogP contribution in [0.3, 0.4) is 0 Å². The van der Waals surface area contributed by atoms with Crippen molar-refractivity contribution in [3.8, 4) is 11.8 Å². The maximum Gasteiger partial charge on any atom is 0.137 e. The van der Waals surface area contributed by atoms with Crippen molar-refractivity contribution < 1.29 is 4.74 Å². The number of anilines is 3. The molecular formula is C17H17N5O. The normalized spacial score (nSPS) is 10.5. The Hall–Kier alpha value is -3.20. The van der Waals surface area contributed by atoms with Crippen LogP contribution in [0.5, 0.6) is 5.75 Å². The number of hydrogen-bond donors (Lipinski definition) is 2. The molecular weight excluding hydrogens is 290 g/mol. The van der Waals surface area contributed by atoms with E-state index < -0.39 is 0 Å². The third-order valence-electron chi connectivity index (χ3n) is 3.68. The van der Waals surface area contributed by atoms with Gasteiger partial charge in [0.2, 0.25) is 0 Å². The van der Waals surface area contributed by atoms with E-state index in [2.05, 4.69) is 16.5 Å². The highest BCUT2D eigenvalue weighted by atomic mass is 16.5. The molecule has 0 fully saturated rings. The molecule has 3 N–H and O–H groups in total. The lowest BCUT2D eigenvalue weighted by molar-refractivity contribution is 0.340. The van der Waals surface area contributed by atoms with Gasteiger partial charge in [0.05, 0.1) is 24.0 Å². The summed E-state index contributed by atoms with van der Waals surface area (Å²) in [7, 11) is 0. The Labute approximate surface area is 134 Å². The van der Waals surface area contributed by atoms with Gasteiger partial charge in [-0.2, -0.15) is 10.4 Å². The minimum atomic E-state index is 0.442. The Balaban J connectivity index is 2.05. The molecule has 0 amide bonds. The topological polar surface area (TPSA) is 88.4 Å². The van der Waals surface area contributed by atoms with Crippen molar-refractivity contribution in [1.82, 2.24) is 9.61 Å². The average Bonchev–Trinajstić information content (AvgIpc) is 3.03. The zero-order chi connectivity index (χ0) is 16.4.